The van der Waals surface area contributed by atoms with Crippen LogP contribution in [-0.2, 0) is 119 Å². The number of carbonyl (C=O) groups is 10. The van der Waals surface area contributed by atoms with E-state index in [2.05, 4.69) is 31.9 Å². The fraction of sp³-hybridized carbons (Fsp3) is 0.901. The summed E-state index contributed by atoms with van der Waals surface area (Å²) in [5.74, 6) is -2.90. The first-order valence-electron chi connectivity index (χ1n) is 53.5. The van der Waals surface area contributed by atoms with Gasteiger partial charge in [0.25, 0.3) is 0 Å². The minimum absolute atomic E-state index is 0.0475. The smallest absolute Gasteiger partial charge is 0.335 e. The minimum atomic E-state index is -1.85. The number of nitrogens with one attached hydrogen (secondary N) is 6. The second-order valence-electron chi connectivity index (χ2n) is 39.7. The van der Waals surface area contributed by atoms with Gasteiger partial charge in [-0.05, 0) is 104 Å². The van der Waals surface area contributed by atoms with Gasteiger partial charge in [-0.3, -0.25) is 43.2 Å². The number of hydrogen-bond acceptors (Lipinski definition) is 37. The van der Waals surface area contributed by atoms with Crippen molar-refractivity contribution < 1.29 is 185 Å². The van der Waals surface area contributed by atoms with Crippen molar-refractivity contribution in [2.75, 3.05) is 92.3 Å². The average Bonchev–Trinajstić information content (AvgIpc) is 0.779. The van der Waals surface area contributed by atoms with Gasteiger partial charge in [0.1, 0.15) is 127 Å². The first kappa shape index (κ1) is 128. The van der Waals surface area contributed by atoms with Crippen LogP contribution >= 0.6 is 0 Å². The lowest BCUT2D eigenvalue weighted by Crippen LogP contribution is -2.67. The molecule has 0 saturated carbocycles. The highest BCUT2D eigenvalue weighted by Gasteiger charge is 2.55. The second kappa shape index (κ2) is 71.9. The van der Waals surface area contributed by atoms with Crippen molar-refractivity contribution in [3.8, 4) is 0 Å². The Balaban J connectivity index is 0.786. The van der Waals surface area contributed by atoms with E-state index in [1.165, 1.54) is 27.7 Å². The molecule has 840 valence electrons. The van der Waals surface area contributed by atoms with Crippen molar-refractivity contribution in [3.05, 3.63) is 0 Å². The molecule has 0 bridgehead atoms. The Bertz CT molecular complexity index is 3500. The summed E-state index contributed by atoms with van der Waals surface area (Å²) < 4.78 is 87.1. The van der Waals surface area contributed by atoms with E-state index >= 15 is 0 Å². The molecule has 0 aliphatic carbocycles. The van der Waals surface area contributed by atoms with Crippen LogP contribution in [0.5, 0.6) is 0 Å². The molecule has 6 fully saturated rings. The van der Waals surface area contributed by atoms with E-state index in [4.69, 9.17) is 71.1 Å². The molecule has 6 saturated heterocycles. The maximum atomic E-state index is 13.1. The fourth-order valence-corrected chi connectivity index (χ4v) is 18.2. The Morgan fingerprint density at radius 1 is 0.310 bits per heavy atom. The monoisotopic (exact) mass is 2080 g/mol. The van der Waals surface area contributed by atoms with Crippen LogP contribution in [0.15, 0.2) is 0 Å². The molecule has 0 aromatic rings. The number of carboxylic acid groups (broad SMARTS) is 1. The molecule has 0 spiro atoms. The normalized spacial score (nSPS) is 30.1. The Morgan fingerprint density at radius 3 is 0.979 bits per heavy atom. The summed E-state index contributed by atoms with van der Waals surface area (Å²) in [4.78, 5) is 125. The third-order valence-electron chi connectivity index (χ3n) is 27.4. The summed E-state index contributed by atoms with van der Waals surface area (Å²) >= 11 is 0. The number of ketones is 3. The van der Waals surface area contributed by atoms with Crippen LogP contribution < -0.4 is 31.9 Å². The third kappa shape index (κ3) is 48.0. The number of amides is 6. The minimum Gasteiger partial charge on any atom is -0.479 e. The molecule has 6 aliphatic rings. The Hall–Kier alpha value is -5.78. The van der Waals surface area contributed by atoms with Crippen molar-refractivity contribution in [2.24, 2.45) is 5.41 Å². The zero-order chi connectivity index (χ0) is 106. The summed E-state index contributed by atoms with van der Waals surface area (Å²) in [6.07, 6.45) is -5.26. The van der Waals surface area contributed by atoms with E-state index in [1.54, 1.807) is 6.92 Å². The quantitative estimate of drug-likeness (QED) is 0.0389. The number of aliphatic carboxylic acids is 1. The predicted octanol–water partition coefficient (Wildman–Crippen LogP) is 2.90. The molecule has 44 nitrogen and oxygen atoms in total. The summed E-state index contributed by atoms with van der Waals surface area (Å²) in [7, 11) is 0. The number of ether oxygens (including phenoxy) is 15. The average molecular weight is 2080 g/mol. The van der Waals surface area contributed by atoms with Gasteiger partial charge in [0.05, 0.1) is 71.2 Å². The van der Waals surface area contributed by atoms with Crippen molar-refractivity contribution in [1.29, 1.82) is 0 Å². The molecule has 28 atom stereocenters. The molecule has 6 amide bonds. The molecule has 6 heterocycles. The Kier molecular flexibility index (Phi) is 63.4. The highest BCUT2D eigenvalue weighted by Crippen LogP contribution is 2.35. The van der Waals surface area contributed by atoms with Gasteiger partial charge >= 0.3 is 5.97 Å². The SMILES string of the molecule is CCC1OC(OC2C(C(=O)O)OC(OCCCCCCNC(=O)CCCCCCCCC(=O)CCOCC(CC)(COCCC(=O)NCCCCCCCC(=O)CCCCCCCOC3OCC(OC4OC(C)C(O)C(O)C4NC(C)=O)C(O)C3O)COCCC(=O)NCCCCCCCC(=O)CCCCCCCOC3OCC(OC4OC(C)C(O)C(O)C4NC(C)=O)C(O)C3O)C(O)C2O)C(NC(C)=O)C(O)C1O. The Morgan fingerprint density at radius 2 is 0.621 bits per heavy atom. The van der Waals surface area contributed by atoms with E-state index in [9.17, 15) is 114 Å². The highest BCUT2D eigenvalue weighted by molar-refractivity contribution is 5.80. The van der Waals surface area contributed by atoms with Crippen molar-refractivity contribution in [1.82, 2.24) is 31.9 Å². The van der Waals surface area contributed by atoms with Crippen molar-refractivity contribution >= 4 is 58.8 Å². The van der Waals surface area contributed by atoms with Gasteiger partial charge in [-0.2, -0.15) is 0 Å². The molecular weight excluding hydrogens is 1910 g/mol. The maximum absolute atomic E-state index is 13.1. The lowest BCUT2D eigenvalue weighted by atomic mass is 9.88. The van der Waals surface area contributed by atoms with Crippen LogP contribution in [0.25, 0.3) is 0 Å². The zero-order valence-corrected chi connectivity index (χ0v) is 86.6. The van der Waals surface area contributed by atoms with E-state index < -0.39 is 201 Å². The molecule has 28 unspecified atom stereocenters. The zero-order valence-electron chi connectivity index (χ0n) is 86.6. The first-order chi connectivity index (χ1) is 69.5. The van der Waals surface area contributed by atoms with Gasteiger partial charge < -0.3 is 169 Å². The number of aliphatic hydroxyl groups excluding tert-OH is 12. The van der Waals surface area contributed by atoms with Crippen LogP contribution in [-0.4, -0.2) is 389 Å². The summed E-state index contributed by atoms with van der Waals surface area (Å²) in [6.45, 7) is 13.2. The van der Waals surface area contributed by atoms with Gasteiger partial charge in [0.15, 0.2) is 43.8 Å². The molecule has 145 heavy (non-hydrogen) atoms. The summed E-state index contributed by atoms with van der Waals surface area (Å²) in [5, 5.41) is 155. The topological polar surface area (TPSA) is 644 Å². The van der Waals surface area contributed by atoms with Crippen molar-refractivity contribution in [2.45, 2.75) is 484 Å². The largest absolute Gasteiger partial charge is 0.479 e. The first-order valence-corrected chi connectivity index (χ1v) is 53.5. The highest BCUT2D eigenvalue weighted by atomic mass is 16.8. The molecule has 6 rings (SSSR count). The standard InChI is InChI=1S/C101H178N6O38/c1-8-71-82(119)87(124)79(107-67(7)110)97(141-71)144-92-88(125)91(128)100(145-93(92)94(129)130)136-54-39-27-24-36-49-102-74(114)45-33-21-11-10-16-32-44-70(113)46-55-131-60-101(9-2,61-132-56-47-75(115)103-50-34-22-12-17-28-40-68(111)42-30-19-14-25-37-52-134-98-89(126)83(120)72(58-137-98)142-95-77(105-65(5)108)85(122)80(117)63(3)139-95)62-133-57-48-76(116)104-51-35-23-13-18-29-41-69(112)43-31-20-15-26-38-53-135-99-90(127)84(121)73(59-138-99)143-96-78(106-66(6)109)86(123)81(118)64(4)140-96/h63-64,71-73,77-93,95-100,117-128H,8-62H2,1-7H3,(H,102,114)(H,103,115)(H,104,116)(H,105,108)(H,106,109)(H,107,110)(H,129,130). The molecule has 44 heteroatoms. The summed E-state index contributed by atoms with van der Waals surface area (Å²) in [6, 6.07) is -3.61. The Labute approximate surface area is 853 Å². The number of unbranched alkanes of at least 4 members (excludes halogenated alkanes) is 24. The fourth-order valence-electron chi connectivity index (χ4n) is 18.2. The number of aliphatic hydroxyl groups is 12. The number of hydrogen-bond donors (Lipinski definition) is 19. The molecule has 19 N–H and O–H groups in total. The van der Waals surface area contributed by atoms with Crippen LogP contribution in [0, 0.1) is 5.41 Å². The van der Waals surface area contributed by atoms with Gasteiger partial charge in [-0.25, -0.2) is 4.79 Å². The maximum Gasteiger partial charge on any atom is 0.335 e. The van der Waals surface area contributed by atoms with Crippen LogP contribution in [0.4, 0.5) is 0 Å². The van der Waals surface area contributed by atoms with E-state index in [1.807, 2.05) is 6.92 Å². The van der Waals surface area contributed by atoms with Gasteiger partial charge in [-0.15, -0.1) is 0 Å². The molecule has 6 aliphatic heterocycles. The molecule has 0 aromatic heterocycles. The second-order valence-corrected chi connectivity index (χ2v) is 39.7. The van der Waals surface area contributed by atoms with E-state index in [-0.39, 0.29) is 133 Å². The lowest BCUT2D eigenvalue weighted by molar-refractivity contribution is -0.339. The summed E-state index contributed by atoms with van der Waals surface area (Å²) in [5.41, 5.74) is -0.644. The van der Waals surface area contributed by atoms with Gasteiger partial charge in [0.2, 0.25) is 35.4 Å². The molecular formula is C101H178N6O38. The van der Waals surface area contributed by atoms with E-state index in [0.29, 0.717) is 96.7 Å². The van der Waals surface area contributed by atoms with Gasteiger partial charge in [-0.1, -0.05) is 129 Å². The number of rotatable bonds is 78. The molecule has 0 aromatic carbocycles. The molecule has 0 radical (unpaired) electrons. The van der Waals surface area contributed by atoms with Crippen LogP contribution in [0.3, 0.4) is 0 Å². The predicted molar refractivity (Wildman–Crippen MR) is 520 cm³/mol. The number of carboxylic acids is 1. The third-order valence-corrected chi connectivity index (χ3v) is 27.4. The van der Waals surface area contributed by atoms with Crippen LogP contribution in [0.1, 0.15) is 312 Å². The van der Waals surface area contributed by atoms with Crippen LogP contribution in [0.2, 0.25) is 0 Å². The lowest BCUT2D eigenvalue weighted by Gasteiger charge is -2.46. The number of carbonyl (C=O) groups excluding carboxylic acids is 9. The van der Waals surface area contributed by atoms with Gasteiger partial charge in [0, 0.05) is 123 Å². The number of Topliss-reactive ketones (excluding diaryl/α,β-unsaturated/α-hetero) is 3. The van der Waals surface area contributed by atoms with E-state index in [0.717, 1.165) is 167 Å². The van der Waals surface area contributed by atoms with Crippen molar-refractivity contribution in [3.63, 3.8) is 0 Å².